The lowest BCUT2D eigenvalue weighted by molar-refractivity contribution is 0.0816. The average molecular weight is 243 g/mol. The van der Waals surface area contributed by atoms with Crippen molar-refractivity contribution >= 4 is 0 Å². The van der Waals surface area contributed by atoms with E-state index in [1.165, 1.54) is 0 Å². The lowest BCUT2D eigenvalue weighted by Crippen LogP contribution is -2.21. The number of nitrogens with one attached hydrogen (secondary N) is 1. The Kier molecular flexibility index (Phi) is 5.35. The molecular weight excluding hydrogens is 224 g/mol. The summed E-state index contributed by atoms with van der Waals surface area (Å²) in [5, 5.41) is 3.30. The molecule has 4 heteroatoms. The van der Waals surface area contributed by atoms with Crippen LogP contribution < -0.4 is 10.1 Å². The molecule has 0 amide bonds. The maximum Gasteiger partial charge on any atom is 0.272 e. The molecule has 0 aromatic heterocycles. The van der Waals surface area contributed by atoms with E-state index in [0.29, 0.717) is 11.8 Å². The molecule has 1 aromatic rings. The van der Waals surface area contributed by atoms with Crippen molar-refractivity contribution in [3.05, 3.63) is 29.3 Å². The fourth-order valence-electron chi connectivity index (χ4n) is 1.46. The highest BCUT2D eigenvalue weighted by Gasteiger charge is 2.06. The molecule has 0 aliphatic heterocycles. The Morgan fingerprint density at radius 1 is 1.29 bits per heavy atom. The summed E-state index contributed by atoms with van der Waals surface area (Å²) in [6.07, 6.45) is -2.43. The quantitative estimate of drug-likeness (QED) is 0.828. The third kappa shape index (κ3) is 5.13. The molecule has 0 saturated heterocycles. The molecule has 0 atom stereocenters. The van der Waals surface area contributed by atoms with Crippen LogP contribution in [0.2, 0.25) is 0 Å². The monoisotopic (exact) mass is 243 g/mol. The van der Waals surface area contributed by atoms with Gasteiger partial charge in [0, 0.05) is 12.6 Å². The Morgan fingerprint density at radius 2 is 2.00 bits per heavy atom. The molecule has 2 nitrogen and oxygen atoms in total. The number of rotatable bonds is 6. The number of aryl methyl sites for hydroxylation is 1. The summed E-state index contributed by atoms with van der Waals surface area (Å²) in [5.41, 5.74) is 2.01. The summed E-state index contributed by atoms with van der Waals surface area (Å²) < 4.78 is 29.0. The molecule has 0 unspecified atom stereocenters. The van der Waals surface area contributed by atoms with Gasteiger partial charge in [0.1, 0.15) is 12.4 Å². The molecule has 0 heterocycles. The van der Waals surface area contributed by atoms with E-state index < -0.39 is 13.0 Å². The average Bonchev–Trinajstić information content (AvgIpc) is 2.24. The van der Waals surface area contributed by atoms with Crippen molar-refractivity contribution in [3.8, 4) is 5.75 Å². The van der Waals surface area contributed by atoms with Crippen LogP contribution in [0.4, 0.5) is 8.78 Å². The van der Waals surface area contributed by atoms with Crippen LogP contribution in [0.1, 0.15) is 25.0 Å². The van der Waals surface area contributed by atoms with Crippen molar-refractivity contribution < 1.29 is 13.5 Å². The Bertz CT molecular complexity index is 353. The predicted molar refractivity (Wildman–Crippen MR) is 64.7 cm³/mol. The van der Waals surface area contributed by atoms with Crippen molar-refractivity contribution in [2.45, 2.75) is 39.8 Å². The van der Waals surface area contributed by atoms with Gasteiger partial charge in [0.05, 0.1) is 0 Å². The first-order chi connectivity index (χ1) is 7.99. The minimum Gasteiger partial charge on any atom is -0.487 e. The minimum absolute atomic E-state index is 0.421. The lowest BCUT2D eigenvalue weighted by Gasteiger charge is -2.12. The Labute approximate surface area is 101 Å². The van der Waals surface area contributed by atoms with Gasteiger partial charge < -0.3 is 10.1 Å². The van der Waals surface area contributed by atoms with Crippen LogP contribution in [0.25, 0.3) is 0 Å². The molecule has 0 radical (unpaired) electrons. The zero-order chi connectivity index (χ0) is 12.8. The number of hydrogen-bond acceptors (Lipinski definition) is 2. The van der Waals surface area contributed by atoms with Gasteiger partial charge in [-0.1, -0.05) is 26.0 Å². The summed E-state index contributed by atoms with van der Waals surface area (Å²) in [5.74, 6) is 0.526. The fraction of sp³-hybridized carbons (Fsp3) is 0.538. The first-order valence-electron chi connectivity index (χ1n) is 5.73. The first-order valence-corrected chi connectivity index (χ1v) is 5.73. The van der Waals surface area contributed by atoms with E-state index in [1.54, 1.807) is 6.07 Å². The van der Waals surface area contributed by atoms with E-state index in [4.69, 9.17) is 4.74 Å². The Morgan fingerprint density at radius 3 is 2.53 bits per heavy atom. The zero-order valence-electron chi connectivity index (χ0n) is 10.5. The molecule has 1 rings (SSSR count). The van der Waals surface area contributed by atoms with Gasteiger partial charge in [0.15, 0.2) is 0 Å². The second-order valence-corrected chi connectivity index (χ2v) is 4.34. The highest BCUT2D eigenvalue weighted by atomic mass is 19.3. The normalized spacial score (nSPS) is 11.2. The summed E-state index contributed by atoms with van der Waals surface area (Å²) >= 11 is 0. The summed E-state index contributed by atoms with van der Waals surface area (Å²) in [4.78, 5) is 0. The van der Waals surface area contributed by atoms with Crippen LogP contribution in [0.5, 0.6) is 5.75 Å². The van der Waals surface area contributed by atoms with E-state index in [0.717, 1.165) is 17.7 Å². The van der Waals surface area contributed by atoms with Crippen molar-refractivity contribution in [3.63, 3.8) is 0 Å². The molecule has 96 valence electrons. The number of hydrogen-bond donors (Lipinski definition) is 1. The third-order valence-corrected chi connectivity index (χ3v) is 2.32. The van der Waals surface area contributed by atoms with Crippen LogP contribution in [-0.2, 0) is 6.54 Å². The molecule has 0 saturated carbocycles. The van der Waals surface area contributed by atoms with Gasteiger partial charge in [0.2, 0.25) is 0 Å². The van der Waals surface area contributed by atoms with Crippen LogP contribution in [0.3, 0.4) is 0 Å². The molecule has 0 aliphatic carbocycles. The maximum atomic E-state index is 12.0. The number of alkyl halides is 2. The number of benzene rings is 1. The topological polar surface area (TPSA) is 21.3 Å². The van der Waals surface area contributed by atoms with Crippen LogP contribution in [-0.4, -0.2) is 19.1 Å². The predicted octanol–water partition coefficient (Wildman–Crippen LogP) is 3.14. The van der Waals surface area contributed by atoms with E-state index in [2.05, 4.69) is 19.2 Å². The fourth-order valence-corrected chi connectivity index (χ4v) is 1.46. The maximum absolute atomic E-state index is 12.0. The van der Waals surface area contributed by atoms with Crippen LogP contribution in [0.15, 0.2) is 18.2 Å². The van der Waals surface area contributed by atoms with Crippen LogP contribution >= 0.6 is 0 Å². The first kappa shape index (κ1) is 13.9. The van der Waals surface area contributed by atoms with E-state index in [9.17, 15) is 8.78 Å². The minimum atomic E-state index is -2.43. The number of ether oxygens (including phenoxy) is 1. The molecule has 0 spiro atoms. The second-order valence-electron chi connectivity index (χ2n) is 4.34. The van der Waals surface area contributed by atoms with Gasteiger partial charge in [-0.15, -0.1) is 0 Å². The molecule has 0 fully saturated rings. The van der Waals surface area contributed by atoms with Gasteiger partial charge >= 0.3 is 0 Å². The molecule has 1 aromatic carbocycles. The molecule has 0 bridgehead atoms. The van der Waals surface area contributed by atoms with Gasteiger partial charge in [-0.05, 0) is 24.1 Å². The Balaban J connectivity index is 2.59. The van der Waals surface area contributed by atoms with Gasteiger partial charge in [-0.2, -0.15) is 0 Å². The van der Waals surface area contributed by atoms with E-state index >= 15 is 0 Å². The van der Waals surface area contributed by atoms with Gasteiger partial charge in [-0.3, -0.25) is 0 Å². The standard InChI is InChI=1S/C13H19F2NO/c1-9(2)16-7-11-4-5-12(10(3)6-11)17-8-13(14)15/h4-6,9,13,16H,7-8H2,1-3H3. The molecule has 17 heavy (non-hydrogen) atoms. The van der Waals surface area contributed by atoms with E-state index in [1.807, 2.05) is 19.1 Å². The van der Waals surface area contributed by atoms with Crippen molar-refractivity contribution in [1.29, 1.82) is 0 Å². The van der Waals surface area contributed by atoms with Crippen LogP contribution in [0, 0.1) is 6.92 Å². The molecule has 0 aliphatic rings. The summed E-state index contributed by atoms with van der Waals surface area (Å²) in [7, 11) is 0. The highest BCUT2D eigenvalue weighted by molar-refractivity contribution is 5.36. The SMILES string of the molecule is Cc1cc(CNC(C)C)ccc1OCC(F)F. The highest BCUT2D eigenvalue weighted by Crippen LogP contribution is 2.19. The molecular formula is C13H19F2NO. The van der Waals surface area contributed by atoms with Crippen molar-refractivity contribution in [2.24, 2.45) is 0 Å². The lowest BCUT2D eigenvalue weighted by atomic mass is 10.1. The van der Waals surface area contributed by atoms with Gasteiger partial charge in [0.25, 0.3) is 6.43 Å². The Hall–Kier alpha value is -1.16. The van der Waals surface area contributed by atoms with E-state index in [-0.39, 0.29) is 0 Å². The summed E-state index contributed by atoms with van der Waals surface area (Å²) in [6, 6.07) is 6.01. The van der Waals surface area contributed by atoms with Crippen molar-refractivity contribution in [1.82, 2.24) is 5.32 Å². The third-order valence-electron chi connectivity index (χ3n) is 2.32. The smallest absolute Gasteiger partial charge is 0.272 e. The summed E-state index contributed by atoms with van der Waals surface area (Å²) in [6.45, 7) is 6.23. The number of halogens is 2. The zero-order valence-corrected chi connectivity index (χ0v) is 10.5. The molecule has 1 N–H and O–H groups in total. The largest absolute Gasteiger partial charge is 0.487 e. The second kappa shape index (κ2) is 6.55. The van der Waals surface area contributed by atoms with Gasteiger partial charge in [-0.25, -0.2) is 8.78 Å². The van der Waals surface area contributed by atoms with Crippen molar-refractivity contribution in [2.75, 3.05) is 6.61 Å².